The van der Waals surface area contributed by atoms with Crippen molar-refractivity contribution in [1.29, 1.82) is 0 Å². The van der Waals surface area contributed by atoms with Gasteiger partial charge < -0.3 is 29.4 Å². The molecule has 0 unspecified atom stereocenters. The van der Waals surface area contributed by atoms with Crippen LogP contribution in [0, 0.1) is 5.92 Å². The SMILES string of the molecule is CC(C)Cc1cccc2cc(Cn3cccc(NC(=O)[C@H](CC/C=C/C(=O)N(C)C)OC(=O)N4CCCC4)c3=O)[nH]c12. The number of likely N-dealkylation sites (tertiary alicyclic amines) is 1. The van der Waals surface area contributed by atoms with Gasteiger partial charge in [-0.3, -0.25) is 14.4 Å². The first-order valence-corrected chi connectivity index (χ1v) is 14.6. The number of nitrogens with zero attached hydrogens (tertiary/aromatic N) is 3. The summed E-state index contributed by atoms with van der Waals surface area (Å²) < 4.78 is 7.12. The molecule has 1 saturated heterocycles. The zero-order valence-electron chi connectivity index (χ0n) is 24.9. The Kier molecular flexibility index (Phi) is 10.2. The first-order chi connectivity index (χ1) is 20.1. The molecule has 0 radical (unpaired) electrons. The average molecular weight is 576 g/mol. The molecule has 10 heteroatoms. The summed E-state index contributed by atoms with van der Waals surface area (Å²) in [7, 11) is 3.30. The first kappa shape index (κ1) is 30.6. The Morgan fingerprint density at radius 2 is 1.88 bits per heavy atom. The molecule has 3 aromatic rings. The van der Waals surface area contributed by atoms with Gasteiger partial charge in [0.1, 0.15) is 5.69 Å². The smallest absolute Gasteiger partial charge is 0.410 e. The van der Waals surface area contributed by atoms with Crippen molar-refractivity contribution in [3.63, 3.8) is 0 Å². The van der Waals surface area contributed by atoms with E-state index in [1.54, 1.807) is 37.3 Å². The molecule has 3 amide bonds. The summed E-state index contributed by atoms with van der Waals surface area (Å²) >= 11 is 0. The van der Waals surface area contributed by atoms with Crippen LogP contribution < -0.4 is 10.9 Å². The van der Waals surface area contributed by atoms with Crippen molar-refractivity contribution in [2.45, 2.75) is 58.6 Å². The highest BCUT2D eigenvalue weighted by atomic mass is 16.6. The van der Waals surface area contributed by atoms with Crippen LogP contribution in [0.4, 0.5) is 10.5 Å². The number of allylic oxidation sites excluding steroid dienone is 1. The molecule has 2 aromatic heterocycles. The lowest BCUT2D eigenvalue weighted by molar-refractivity contribution is -0.125. The molecule has 224 valence electrons. The number of rotatable bonds is 11. The van der Waals surface area contributed by atoms with Crippen LogP contribution in [0.3, 0.4) is 0 Å². The van der Waals surface area contributed by atoms with Crippen LogP contribution in [0.15, 0.2) is 59.5 Å². The summed E-state index contributed by atoms with van der Waals surface area (Å²) in [5.74, 6) is -0.255. The number of carbonyl (C=O) groups is 3. The van der Waals surface area contributed by atoms with Crippen molar-refractivity contribution in [2.24, 2.45) is 5.92 Å². The van der Waals surface area contributed by atoms with Gasteiger partial charge in [0.25, 0.3) is 11.5 Å². The van der Waals surface area contributed by atoms with E-state index in [0.29, 0.717) is 32.0 Å². The van der Waals surface area contributed by atoms with Gasteiger partial charge >= 0.3 is 6.09 Å². The molecule has 1 aliphatic rings. The van der Waals surface area contributed by atoms with Gasteiger partial charge in [-0.05, 0) is 73.2 Å². The Bertz CT molecular complexity index is 1500. The molecule has 1 fully saturated rings. The van der Waals surface area contributed by atoms with Crippen LogP contribution in [-0.2, 0) is 27.3 Å². The van der Waals surface area contributed by atoms with Gasteiger partial charge in [0, 0.05) is 44.6 Å². The summed E-state index contributed by atoms with van der Waals surface area (Å²) in [5.41, 5.74) is 2.91. The summed E-state index contributed by atoms with van der Waals surface area (Å²) in [4.78, 5) is 57.7. The van der Waals surface area contributed by atoms with Crippen molar-refractivity contribution < 1.29 is 19.1 Å². The number of benzene rings is 1. The van der Waals surface area contributed by atoms with Crippen molar-refractivity contribution in [2.75, 3.05) is 32.5 Å². The molecule has 0 spiro atoms. The normalized spacial score (nSPS) is 14.1. The van der Waals surface area contributed by atoms with Crippen molar-refractivity contribution in [3.05, 3.63) is 76.4 Å². The molecule has 0 aliphatic carbocycles. The van der Waals surface area contributed by atoms with Gasteiger partial charge in [0.15, 0.2) is 6.10 Å². The quantitative estimate of drug-likeness (QED) is 0.326. The van der Waals surface area contributed by atoms with Crippen LogP contribution in [0.25, 0.3) is 10.9 Å². The number of amides is 3. The van der Waals surface area contributed by atoms with E-state index in [1.807, 2.05) is 18.2 Å². The number of para-hydroxylation sites is 1. The van der Waals surface area contributed by atoms with E-state index in [1.165, 1.54) is 27.2 Å². The molecule has 3 heterocycles. The van der Waals surface area contributed by atoms with Gasteiger partial charge in [-0.2, -0.15) is 0 Å². The number of fused-ring (bicyclic) bond motifs is 1. The lowest BCUT2D eigenvalue weighted by Crippen LogP contribution is -2.39. The average Bonchev–Trinajstić information content (AvgIpc) is 3.63. The van der Waals surface area contributed by atoms with E-state index < -0.39 is 18.1 Å². The first-order valence-electron chi connectivity index (χ1n) is 14.6. The largest absolute Gasteiger partial charge is 0.436 e. The van der Waals surface area contributed by atoms with E-state index in [0.717, 1.165) is 35.9 Å². The fourth-order valence-corrected chi connectivity index (χ4v) is 5.05. The third-order valence-electron chi connectivity index (χ3n) is 7.24. The van der Waals surface area contributed by atoms with E-state index in [4.69, 9.17) is 4.74 Å². The van der Waals surface area contributed by atoms with Gasteiger partial charge in [-0.15, -0.1) is 0 Å². The summed E-state index contributed by atoms with van der Waals surface area (Å²) in [5, 5.41) is 3.77. The highest BCUT2D eigenvalue weighted by Crippen LogP contribution is 2.22. The number of hydrogen-bond donors (Lipinski definition) is 2. The minimum Gasteiger partial charge on any atom is -0.436 e. The van der Waals surface area contributed by atoms with Gasteiger partial charge in [0.2, 0.25) is 5.91 Å². The lowest BCUT2D eigenvalue weighted by Gasteiger charge is -2.21. The number of aromatic amines is 1. The fourth-order valence-electron chi connectivity index (χ4n) is 5.05. The number of nitrogens with one attached hydrogen (secondary N) is 2. The maximum absolute atomic E-state index is 13.4. The minimum atomic E-state index is -1.13. The number of carbonyl (C=O) groups excluding carboxylic acids is 3. The van der Waals surface area contributed by atoms with Crippen LogP contribution in [0.1, 0.15) is 50.8 Å². The van der Waals surface area contributed by atoms with E-state index in [-0.39, 0.29) is 23.6 Å². The Morgan fingerprint density at radius 1 is 1.12 bits per heavy atom. The van der Waals surface area contributed by atoms with Crippen LogP contribution >= 0.6 is 0 Å². The Labute approximate surface area is 246 Å². The third-order valence-corrected chi connectivity index (χ3v) is 7.24. The fraction of sp³-hybridized carbons (Fsp3) is 0.438. The highest BCUT2D eigenvalue weighted by Gasteiger charge is 2.27. The van der Waals surface area contributed by atoms with Crippen molar-refractivity contribution in [1.82, 2.24) is 19.4 Å². The molecule has 2 N–H and O–H groups in total. The summed E-state index contributed by atoms with van der Waals surface area (Å²) in [6.07, 6.45) is 6.29. The molecule has 1 atom stereocenters. The van der Waals surface area contributed by atoms with Crippen LogP contribution in [-0.4, -0.2) is 70.5 Å². The van der Waals surface area contributed by atoms with E-state index >= 15 is 0 Å². The van der Waals surface area contributed by atoms with Crippen molar-refractivity contribution >= 4 is 34.5 Å². The maximum atomic E-state index is 13.4. The number of anilines is 1. The molecule has 10 nitrogen and oxygen atoms in total. The van der Waals surface area contributed by atoms with Gasteiger partial charge in [-0.1, -0.05) is 38.1 Å². The molecule has 0 saturated carbocycles. The molecule has 1 aliphatic heterocycles. The molecule has 4 rings (SSSR count). The second-order valence-corrected chi connectivity index (χ2v) is 11.4. The van der Waals surface area contributed by atoms with Crippen LogP contribution in [0.5, 0.6) is 0 Å². The summed E-state index contributed by atoms with van der Waals surface area (Å²) in [6, 6.07) is 11.5. The molecular weight excluding hydrogens is 534 g/mol. The Balaban J connectivity index is 1.49. The third kappa shape index (κ3) is 7.90. The highest BCUT2D eigenvalue weighted by molar-refractivity contribution is 5.95. The zero-order chi connectivity index (χ0) is 30.2. The number of hydrogen-bond acceptors (Lipinski definition) is 5. The zero-order valence-corrected chi connectivity index (χ0v) is 24.9. The number of aromatic nitrogens is 2. The van der Waals surface area contributed by atoms with E-state index in [2.05, 4.69) is 30.2 Å². The topological polar surface area (TPSA) is 117 Å². The molecular formula is C32H41N5O5. The maximum Gasteiger partial charge on any atom is 0.410 e. The lowest BCUT2D eigenvalue weighted by atomic mass is 10.0. The van der Waals surface area contributed by atoms with Crippen molar-refractivity contribution in [3.8, 4) is 0 Å². The van der Waals surface area contributed by atoms with Crippen LogP contribution in [0.2, 0.25) is 0 Å². The minimum absolute atomic E-state index is 0.0969. The second kappa shape index (κ2) is 14.0. The Hall–Kier alpha value is -4.34. The number of likely N-dealkylation sites (N-methyl/N-ethyl adjacent to an activating group) is 1. The monoisotopic (exact) mass is 575 g/mol. The predicted octanol–water partition coefficient (Wildman–Crippen LogP) is 4.54. The Morgan fingerprint density at radius 3 is 2.60 bits per heavy atom. The second-order valence-electron chi connectivity index (χ2n) is 11.4. The number of pyridine rings is 1. The molecule has 1 aromatic carbocycles. The standard InChI is InChI=1S/C32H41N5O5/c1-22(2)19-23-11-9-12-24-20-25(33-29(23)24)21-37-18-10-13-26(31(37)40)34-30(39)27(14-5-6-15-28(38)35(3)4)42-32(41)36-16-7-8-17-36/h6,9-13,15,18,20,22,27,33H,5,7-8,14,16-17,19,21H2,1-4H3,(H,34,39)/b15-6+/t27-/m0/s1. The molecule has 42 heavy (non-hydrogen) atoms. The van der Waals surface area contributed by atoms with Gasteiger partial charge in [-0.25, -0.2) is 4.79 Å². The predicted molar refractivity (Wildman–Crippen MR) is 163 cm³/mol. The summed E-state index contributed by atoms with van der Waals surface area (Å²) in [6.45, 7) is 5.84. The van der Waals surface area contributed by atoms with Gasteiger partial charge in [0.05, 0.1) is 6.54 Å². The number of H-pyrrole nitrogens is 1. The number of ether oxygens (including phenoxy) is 1. The van der Waals surface area contributed by atoms with E-state index in [9.17, 15) is 19.2 Å². The molecule has 0 bridgehead atoms.